The Morgan fingerprint density at radius 1 is 1.42 bits per heavy atom. The number of amides is 1. The van der Waals surface area contributed by atoms with E-state index in [0.29, 0.717) is 25.3 Å². The van der Waals surface area contributed by atoms with Crippen LogP contribution in [-0.4, -0.2) is 27.8 Å². The van der Waals surface area contributed by atoms with Crippen molar-refractivity contribution in [2.24, 2.45) is 5.11 Å². The molecule has 1 heterocycles. The first kappa shape index (κ1) is 17.6. The van der Waals surface area contributed by atoms with Gasteiger partial charge in [0.15, 0.2) is 0 Å². The third-order valence-electron chi connectivity index (χ3n) is 3.24. The van der Waals surface area contributed by atoms with Gasteiger partial charge in [-0.2, -0.15) is 0 Å². The number of benzene rings is 1. The van der Waals surface area contributed by atoms with E-state index in [1.807, 2.05) is 49.6 Å². The predicted octanol–water partition coefficient (Wildman–Crippen LogP) is 3.76. The fourth-order valence-electron chi connectivity index (χ4n) is 2.33. The van der Waals surface area contributed by atoms with Crippen molar-refractivity contribution in [2.45, 2.75) is 45.9 Å². The van der Waals surface area contributed by atoms with Crippen LogP contribution in [0.15, 0.2) is 29.4 Å². The molecule has 0 saturated heterocycles. The Labute approximate surface area is 140 Å². The molecule has 2 aromatic rings. The van der Waals surface area contributed by atoms with Gasteiger partial charge in [-0.3, -0.25) is 0 Å². The molecule has 0 aliphatic carbocycles. The Morgan fingerprint density at radius 2 is 2.17 bits per heavy atom. The van der Waals surface area contributed by atoms with Crippen molar-refractivity contribution in [1.29, 1.82) is 0 Å². The van der Waals surface area contributed by atoms with Crippen LogP contribution in [0.2, 0.25) is 0 Å². The molecule has 0 fully saturated rings. The molecular weight excluding hydrogens is 308 g/mol. The van der Waals surface area contributed by atoms with Gasteiger partial charge in [-0.15, -0.1) is 0 Å². The number of carbonyl (C=O) groups excluding carboxylic acids is 1. The minimum absolute atomic E-state index is 0.199. The lowest BCUT2D eigenvalue weighted by Crippen LogP contribution is -2.33. The Hall–Kier alpha value is -2.73. The second kappa shape index (κ2) is 7.70. The number of fused-ring (bicyclic) bond motifs is 1. The zero-order valence-corrected chi connectivity index (χ0v) is 14.2. The molecule has 1 N–H and O–H groups in total. The third kappa shape index (κ3) is 4.89. The molecule has 8 nitrogen and oxygen atoms in total. The van der Waals surface area contributed by atoms with Crippen molar-refractivity contribution in [3.05, 3.63) is 40.5 Å². The number of alkyl carbamates (subject to hydrolysis) is 1. The quantitative estimate of drug-likeness (QED) is 0.377. The number of rotatable bonds is 6. The van der Waals surface area contributed by atoms with Crippen molar-refractivity contribution < 1.29 is 9.53 Å². The number of aryl methyl sites for hydroxylation is 1. The number of ether oxygens (including phenoxy) is 1. The molecule has 1 aromatic carbocycles. The summed E-state index contributed by atoms with van der Waals surface area (Å²) >= 11 is 0. The first-order valence-corrected chi connectivity index (χ1v) is 7.82. The van der Waals surface area contributed by atoms with Crippen molar-refractivity contribution in [2.75, 3.05) is 6.54 Å². The van der Waals surface area contributed by atoms with Crippen LogP contribution in [0.4, 0.5) is 4.79 Å². The number of carbonyl (C=O) groups is 1. The normalized spacial score (nSPS) is 11.1. The van der Waals surface area contributed by atoms with Crippen molar-refractivity contribution in [3.63, 3.8) is 0 Å². The van der Waals surface area contributed by atoms with Gasteiger partial charge in [-0.1, -0.05) is 17.2 Å². The molecule has 1 amide bonds. The molecule has 0 spiro atoms. The molecule has 2 rings (SSSR count). The Morgan fingerprint density at radius 3 is 2.88 bits per heavy atom. The summed E-state index contributed by atoms with van der Waals surface area (Å²) in [6.07, 6.45) is 0.287. The highest BCUT2D eigenvalue weighted by molar-refractivity contribution is 5.75. The van der Waals surface area contributed by atoms with E-state index in [-0.39, 0.29) is 6.54 Å². The fraction of sp³-hybridized carbons (Fsp3) is 0.500. The van der Waals surface area contributed by atoms with Crippen molar-refractivity contribution >= 4 is 17.1 Å². The smallest absolute Gasteiger partial charge is 0.407 e. The molecule has 128 valence electrons. The fourth-order valence-corrected chi connectivity index (χ4v) is 2.33. The average molecular weight is 330 g/mol. The molecule has 24 heavy (non-hydrogen) atoms. The number of nitrogens with one attached hydrogen (secondary N) is 1. The molecular formula is C16H22N6O2. The highest BCUT2D eigenvalue weighted by Gasteiger charge is 2.15. The van der Waals surface area contributed by atoms with Crippen LogP contribution in [0.1, 0.15) is 33.0 Å². The molecule has 0 aliphatic heterocycles. The van der Waals surface area contributed by atoms with Gasteiger partial charge in [-0.05, 0) is 44.9 Å². The standard InChI is InChI=1S/C16H22N6O2/c1-16(2,3)24-15(23)18-9-6-10-22-13-8-5-4-7-12(13)20-14(22)11-19-21-17/h4-5,7-8H,6,9-11H2,1-3H3,(H,18,23). The number of para-hydroxylation sites is 2. The number of hydrogen-bond donors (Lipinski definition) is 1. The summed E-state index contributed by atoms with van der Waals surface area (Å²) in [6, 6.07) is 7.76. The highest BCUT2D eigenvalue weighted by Crippen LogP contribution is 2.17. The zero-order chi connectivity index (χ0) is 17.6. The summed E-state index contributed by atoms with van der Waals surface area (Å²) in [4.78, 5) is 18.9. The van der Waals surface area contributed by atoms with Crippen LogP contribution in [-0.2, 0) is 17.8 Å². The summed E-state index contributed by atoms with van der Waals surface area (Å²) in [5.74, 6) is 0.714. The van der Waals surface area contributed by atoms with Crippen LogP contribution in [0, 0.1) is 0 Å². The summed E-state index contributed by atoms with van der Waals surface area (Å²) in [6.45, 7) is 6.82. The molecule has 0 radical (unpaired) electrons. The molecule has 8 heteroatoms. The van der Waals surface area contributed by atoms with E-state index in [4.69, 9.17) is 10.3 Å². The molecule has 0 atom stereocenters. The average Bonchev–Trinajstić information content (AvgIpc) is 2.85. The summed E-state index contributed by atoms with van der Waals surface area (Å²) in [5.41, 5.74) is 9.86. The van der Waals surface area contributed by atoms with Crippen LogP contribution in [0.5, 0.6) is 0 Å². The molecule has 0 aliphatic rings. The predicted molar refractivity (Wildman–Crippen MR) is 91.4 cm³/mol. The van der Waals surface area contributed by atoms with Crippen LogP contribution in [0.3, 0.4) is 0 Å². The van der Waals surface area contributed by atoms with Gasteiger partial charge in [0.2, 0.25) is 0 Å². The maximum absolute atomic E-state index is 11.6. The van der Waals surface area contributed by atoms with Gasteiger partial charge in [0.1, 0.15) is 11.4 Å². The van der Waals surface area contributed by atoms with Gasteiger partial charge in [0.25, 0.3) is 0 Å². The maximum Gasteiger partial charge on any atom is 0.407 e. The highest BCUT2D eigenvalue weighted by atomic mass is 16.6. The number of aromatic nitrogens is 2. The Kier molecular flexibility index (Phi) is 5.65. The SMILES string of the molecule is CC(C)(C)OC(=O)NCCCn1c(CN=[N+]=[N-])nc2ccccc21. The lowest BCUT2D eigenvalue weighted by atomic mass is 10.2. The van der Waals surface area contributed by atoms with Gasteiger partial charge in [0.05, 0.1) is 17.6 Å². The van der Waals surface area contributed by atoms with E-state index in [0.717, 1.165) is 11.0 Å². The number of hydrogen-bond acceptors (Lipinski definition) is 4. The van der Waals surface area contributed by atoms with Crippen molar-refractivity contribution in [1.82, 2.24) is 14.9 Å². The summed E-state index contributed by atoms with van der Waals surface area (Å²) < 4.78 is 7.21. The molecule has 0 bridgehead atoms. The van der Waals surface area contributed by atoms with E-state index in [2.05, 4.69) is 20.3 Å². The third-order valence-corrected chi connectivity index (χ3v) is 3.24. The zero-order valence-electron chi connectivity index (χ0n) is 14.2. The molecule has 0 unspecified atom stereocenters. The second-order valence-electron chi connectivity index (χ2n) is 6.34. The minimum Gasteiger partial charge on any atom is -0.444 e. The molecule has 1 aromatic heterocycles. The largest absolute Gasteiger partial charge is 0.444 e. The van der Waals surface area contributed by atoms with Gasteiger partial charge >= 0.3 is 6.09 Å². The monoisotopic (exact) mass is 330 g/mol. The topological polar surface area (TPSA) is 105 Å². The lowest BCUT2D eigenvalue weighted by Gasteiger charge is -2.19. The van der Waals surface area contributed by atoms with E-state index in [9.17, 15) is 4.79 Å². The van der Waals surface area contributed by atoms with Crippen LogP contribution in [0.25, 0.3) is 21.5 Å². The van der Waals surface area contributed by atoms with Gasteiger partial charge in [-0.25, -0.2) is 9.78 Å². The van der Waals surface area contributed by atoms with Crippen LogP contribution >= 0.6 is 0 Å². The molecule has 0 saturated carbocycles. The number of nitrogens with zero attached hydrogens (tertiary/aromatic N) is 5. The van der Waals surface area contributed by atoms with E-state index >= 15 is 0 Å². The lowest BCUT2D eigenvalue weighted by molar-refractivity contribution is 0.0527. The van der Waals surface area contributed by atoms with E-state index < -0.39 is 11.7 Å². The Bertz CT molecular complexity index is 756. The first-order valence-electron chi connectivity index (χ1n) is 7.82. The summed E-state index contributed by atoms with van der Waals surface area (Å²) in [7, 11) is 0. The first-order chi connectivity index (χ1) is 11.4. The number of imidazole rings is 1. The van der Waals surface area contributed by atoms with Crippen molar-refractivity contribution in [3.8, 4) is 0 Å². The Balaban J connectivity index is 1.98. The second-order valence-corrected chi connectivity index (χ2v) is 6.34. The maximum atomic E-state index is 11.6. The van der Waals surface area contributed by atoms with E-state index in [1.165, 1.54) is 0 Å². The number of azide groups is 1. The van der Waals surface area contributed by atoms with Gasteiger partial charge in [0, 0.05) is 18.0 Å². The minimum atomic E-state index is -0.507. The van der Waals surface area contributed by atoms with E-state index in [1.54, 1.807) is 0 Å². The van der Waals surface area contributed by atoms with Gasteiger partial charge < -0.3 is 14.6 Å². The van der Waals surface area contributed by atoms with Crippen LogP contribution < -0.4 is 5.32 Å². The summed E-state index contributed by atoms with van der Waals surface area (Å²) in [5, 5.41) is 6.34.